The largest absolute Gasteiger partial charge is 0.423 e. The van der Waals surface area contributed by atoms with Crippen LogP contribution >= 0.6 is 0 Å². The van der Waals surface area contributed by atoms with Crippen LogP contribution in [0, 0.1) is 11.8 Å². The monoisotopic (exact) mass is 303 g/mol. The van der Waals surface area contributed by atoms with E-state index < -0.39 is 17.5 Å². The number of carbonyl (C=O) groups is 1. The molecule has 2 rings (SSSR count). The van der Waals surface area contributed by atoms with Gasteiger partial charge in [-0.25, -0.2) is 10.3 Å². The fraction of sp³-hybridized carbons (Fsp3) is 0.412. The standard InChI is InChI=1S/C17H21NO4/c1-4-11-5-6-15-12(7-11)8-13(17(20)22-15)9-14(10(2)3)16(19)18-21/h5-8,10,14,21H,4,9H2,1-3H3,(H,18,19). The van der Waals surface area contributed by atoms with Crippen molar-refractivity contribution in [1.29, 1.82) is 0 Å². The minimum Gasteiger partial charge on any atom is -0.423 e. The van der Waals surface area contributed by atoms with Gasteiger partial charge in [-0.15, -0.1) is 0 Å². The van der Waals surface area contributed by atoms with E-state index in [1.165, 1.54) is 0 Å². The number of hydrogen-bond acceptors (Lipinski definition) is 4. The smallest absolute Gasteiger partial charge is 0.339 e. The van der Waals surface area contributed by atoms with Crippen LogP contribution < -0.4 is 11.1 Å². The predicted molar refractivity (Wildman–Crippen MR) is 83.8 cm³/mol. The second kappa shape index (κ2) is 6.75. The zero-order valence-corrected chi connectivity index (χ0v) is 13.1. The van der Waals surface area contributed by atoms with E-state index in [4.69, 9.17) is 9.62 Å². The number of hydroxylamine groups is 1. The van der Waals surface area contributed by atoms with Crippen molar-refractivity contribution in [3.05, 3.63) is 45.8 Å². The van der Waals surface area contributed by atoms with Gasteiger partial charge in [0.15, 0.2) is 0 Å². The minimum atomic E-state index is -0.489. The van der Waals surface area contributed by atoms with Crippen molar-refractivity contribution in [2.45, 2.75) is 33.6 Å². The van der Waals surface area contributed by atoms with Gasteiger partial charge in [0.25, 0.3) is 0 Å². The normalized spacial score (nSPS) is 12.6. The van der Waals surface area contributed by atoms with Crippen molar-refractivity contribution in [3.8, 4) is 0 Å². The zero-order chi connectivity index (χ0) is 16.3. The molecule has 0 fully saturated rings. The van der Waals surface area contributed by atoms with Gasteiger partial charge in [0, 0.05) is 16.9 Å². The van der Waals surface area contributed by atoms with E-state index >= 15 is 0 Å². The van der Waals surface area contributed by atoms with Crippen molar-refractivity contribution < 1.29 is 14.4 Å². The molecule has 1 aromatic heterocycles. The van der Waals surface area contributed by atoms with Crippen molar-refractivity contribution in [2.75, 3.05) is 0 Å². The summed E-state index contributed by atoms with van der Waals surface area (Å²) in [4.78, 5) is 23.8. The van der Waals surface area contributed by atoms with Gasteiger partial charge in [0.2, 0.25) is 5.91 Å². The lowest BCUT2D eigenvalue weighted by Gasteiger charge is -2.18. The summed E-state index contributed by atoms with van der Waals surface area (Å²) in [7, 11) is 0. The summed E-state index contributed by atoms with van der Waals surface area (Å²) >= 11 is 0. The molecule has 1 heterocycles. The minimum absolute atomic E-state index is 0.00998. The van der Waals surface area contributed by atoms with Crippen LogP contribution in [-0.4, -0.2) is 11.1 Å². The van der Waals surface area contributed by atoms with E-state index in [1.807, 2.05) is 26.0 Å². The van der Waals surface area contributed by atoms with E-state index in [2.05, 4.69) is 6.92 Å². The second-order valence-electron chi connectivity index (χ2n) is 5.82. The summed E-state index contributed by atoms with van der Waals surface area (Å²) in [6, 6.07) is 7.49. The first-order valence-corrected chi connectivity index (χ1v) is 7.45. The fourth-order valence-corrected chi connectivity index (χ4v) is 2.53. The van der Waals surface area contributed by atoms with Crippen molar-refractivity contribution in [2.24, 2.45) is 11.8 Å². The molecule has 0 saturated heterocycles. The first-order valence-electron chi connectivity index (χ1n) is 7.45. The highest BCUT2D eigenvalue weighted by Gasteiger charge is 2.24. The molecule has 1 unspecified atom stereocenters. The molecule has 2 aromatic rings. The average Bonchev–Trinajstić information content (AvgIpc) is 2.51. The number of rotatable bonds is 5. The van der Waals surface area contributed by atoms with Crippen LogP contribution in [0.5, 0.6) is 0 Å². The second-order valence-corrected chi connectivity index (χ2v) is 5.82. The Morgan fingerprint density at radius 3 is 2.64 bits per heavy atom. The SMILES string of the molecule is CCc1ccc2oc(=O)c(CC(C(=O)NO)C(C)C)cc2c1. The van der Waals surface area contributed by atoms with Crippen LogP contribution in [0.4, 0.5) is 0 Å². The highest BCUT2D eigenvalue weighted by atomic mass is 16.5. The number of aryl methyl sites for hydroxylation is 1. The van der Waals surface area contributed by atoms with Crippen molar-refractivity contribution in [1.82, 2.24) is 5.48 Å². The van der Waals surface area contributed by atoms with Gasteiger partial charge >= 0.3 is 5.63 Å². The predicted octanol–water partition coefficient (Wildman–Crippen LogP) is 2.68. The van der Waals surface area contributed by atoms with Crippen LogP contribution in [0.2, 0.25) is 0 Å². The van der Waals surface area contributed by atoms with Gasteiger partial charge in [-0.1, -0.05) is 26.8 Å². The summed E-state index contributed by atoms with van der Waals surface area (Å²) in [6.07, 6.45) is 1.13. The molecule has 0 bridgehead atoms. The lowest BCUT2D eigenvalue weighted by molar-refractivity contribution is -0.134. The highest BCUT2D eigenvalue weighted by molar-refractivity contribution is 5.79. The third-order valence-corrected chi connectivity index (χ3v) is 3.97. The molecule has 5 nitrogen and oxygen atoms in total. The van der Waals surface area contributed by atoms with E-state index in [1.54, 1.807) is 17.6 Å². The fourth-order valence-electron chi connectivity index (χ4n) is 2.53. The highest BCUT2D eigenvalue weighted by Crippen LogP contribution is 2.20. The number of benzene rings is 1. The third kappa shape index (κ3) is 3.36. The maximum atomic E-state index is 12.1. The van der Waals surface area contributed by atoms with Gasteiger partial charge < -0.3 is 4.42 Å². The van der Waals surface area contributed by atoms with Crippen LogP contribution in [-0.2, 0) is 17.6 Å². The molecule has 1 aromatic carbocycles. The van der Waals surface area contributed by atoms with E-state index in [9.17, 15) is 9.59 Å². The number of hydrogen-bond donors (Lipinski definition) is 2. The Kier molecular flexibility index (Phi) is 4.98. The van der Waals surface area contributed by atoms with Crippen molar-refractivity contribution >= 4 is 16.9 Å². The van der Waals surface area contributed by atoms with E-state index in [0.29, 0.717) is 11.1 Å². The number of nitrogens with one attached hydrogen (secondary N) is 1. The van der Waals surface area contributed by atoms with E-state index in [-0.39, 0.29) is 12.3 Å². The molecule has 0 aliphatic carbocycles. The third-order valence-electron chi connectivity index (χ3n) is 3.97. The quantitative estimate of drug-likeness (QED) is 0.505. The molecule has 0 aliphatic heterocycles. The molecule has 0 spiro atoms. The first kappa shape index (κ1) is 16.2. The molecule has 0 aliphatic rings. The van der Waals surface area contributed by atoms with Crippen LogP contribution in [0.3, 0.4) is 0 Å². The molecule has 22 heavy (non-hydrogen) atoms. The summed E-state index contributed by atoms with van der Waals surface area (Å²) in [5, 5.41) is 9.69. The molecule has 0 radical (unpaired) electrons. The van der Waals surface area contributed by atoms with Gasteiger partial charge in [-0.2, -0.15) is 0 Å². The maximum Gasteiger partial charge on any atom is 0.339 e. The van der Waals surface area contributed by atoms with Gasteiger partial charge in [-0.3, -0.25) is 10.0 Å². The lowest BCUT2D eigenvalue weighted by Crippen LogP contribution is -2.33. The van der Waals surface area contributed by atoms with E-state index in [0.717, 1.165) is 17.4 Å². The van der Waals surface area contributed by atoms with Gasteiger partial charge in [0.05, 0.1) is 0 Å². The average molecular weight is 303 g/mol. The molecule has 1 atom stereocenters. The molecule has 0 saturated carbocycles. The number of amides is 1. The first-order chi connectivity index (χ1) is 10.5. The summed E-state index contributed by atoms with van der Waals surface area (Å²) in [5.74, 6) is -0.985. The summed E-state index contributed by atoms with van der Waals surface area (Å²) < 4.78 is 5.34. The number of carbonyl (C=O) groups excluding carboxylic acids is 1. The van der Waals surface area contributed by atoms with Gasteiger partial charge in [-0.05, 0) is 42.5 Å². The zero-order valence-electron chi connectivity index (χ0n) is 13.1. The molecule has 2 N–H and O–H groups in total. The molecular weight excluding hydrogens is 282 g/mol. The maximum absolute atomic E-state index is 12.1. The number of fused-ring (bicyclic) bond motifs is 1. The topological polar surface area (TPSA) is 79.5 Å². The van der Waals surface area contributed by atoms with Crippen LogP contribution in [0.1, 0.15) is 31.9 Å². The van der Waals surface area contributed by atoms with Gasteiger partial charge in [0.1, 0.15) is 5.58 Å². The lowest BCUT2D eigenvalue weighted by atomic mass is 9.89. The Morgan fingerprint density at radius 1 is 1.32 bits per heavy atom. The van der Waals surface area contributed by atoms with Crippen molar-refractivity contribution in [3.63, 3.8) is 0 Å². The molecule has 1 amide bonds. The Morgan fingerprint density at radius 2 is 2.05 bits per heavy atom. The summed E-state index contributed by atoms with van der Waals surface area (Å²) in [6.45, 7) is 5.80. The molecule has 5 heteroatoms. The Labute approximate surface area is 128 Å². The Bertz CT molecular complexity index is 733. The van der Waals surface area contributed by atoms with Crippen LogP contribution in [0.15, 0.2) is 33.5 Å². The summed E-state index contributed by atoms with van der Waals surface area (Å²) in [5.41, 5.74) is 3.37. The molecule has 118 valence electrons. The Balaban J connectivity index is 2.43. The molecular formula is C17H21NO4. The van der Waals surface area contributed by atoms with Crippen LogP contribution in [0.25, 0.3) is 11.0 Å². The Hall–Kier alpha value is -2.14.